The van der Waals surface area contributed by atoms with Crippen molar-refractivity contribution < 1.29 is 9.18 Å². The highest BCUT2D eigenvalue weighted by atomic mass is 19.1. The molecule has 0 saturated heterocycles. The van der Waals surface area contributed by atoms with Crippen molar-refractivity contribution in [2.45, 2.75) is 64.2 Å². The van der Waals surface area contributed by atoms with Crippen molar-refractivity contribution in [2.24, 2.45) is 5.41 Å². The lowest BCUT2D eigenvalue weighted by molar-refractivity contribution is -0.116. The molecule has 2 aromatic rings. The molecule has 160 valence electrons. The monoisotopic (exact) mass is 408 g/mol. The molecule has 1 amide bonds. The maximum Gasteiger partial charge on any atom is 0.243 e. The molecule has 3 rings (SSSR count). The first kappa shape index (κ1) is 22.2. The van der Waals surface area contributed by atoms with Crippen LogP contribution in [0, 0.1) is 11.2 Å². The number of aromatic nitrogens is 1. The standard InChI is InChI=1S/C26H33FN2O/c1-3-14-25(2,22-9-11-23(27)12-10-22)26(16-17-26)15-13-24(30)29-19-5-4-7-21-8-6-18-28-20-21/h6,8-13,15,18,20H,3-5,7,14,16-17,19H2,1-2H3,(H,29,30)/b15-13+. The van der Waals surface area contributed by atoms with Crippen LogP contribution in [0.3, 0.4) is 0 Å². The van der Waals surface area contributed by atoms with Gasteiger partial charge in [-0.1, -0.05) is 44.5 Å². The van der Waals surface area contributed by atoms with Crippen molar-refractivity contribution in [3.63, 3.8) is 0 Å². The van der Waals surface area contributed by atoms with E-state index in [1.807, 2.05) is 24.4 Å². The van der Waals surface area contributed by atoms with Crippen LogP contribution in [0.25, 0.3) is 0 Å². The highest BCUT2D eigenvalue weighted by Crippen LogP contribution is 2.62. The number of halogens is 1. The normalized spacial score (nSPS) is 16.9. The first-order valence-electron chi connectivity index (χ1n) is 11.1. The Morgan fingerprint density at radius 3 is 2.63 bits per heavy atom. The lowest BCUT2D eigenvalue weighted by Crippen LogP contribution is -2.33. The Hall–Kier alpha value is -2.49. The van der Waals surface area contributed by atoms with Crippen molar-refractivity contribution in [3.8, 4) is 0 Å². The molecule has 1 aromatic carbocycles. The number of nitrogens with zero attached hydrogens (tertiary/aromatic N) is 1. The Morgan fingerprint density at radius 1 is 1.23 bits per heavy atom. The van der Waals surface area contributed by atoms with Crippen LogP contribution in [0.5, 0.6) is 0 Å². The molecule has 1 atom stereocenters. The van der Waals surface area contributed by atoms with Crippen LogP contribution in [0.15, 0.2) is 60.9 Å². The fourth-order valence-electron chi connectivity index (χ4n) is 4.54. The molecule has 0 radical (unpaired) electrons. The molecule has 3 nitrogen and oxygen atoms in total. The van der Waals surface area contributed by atoms with Crippen molar-refractivity contribution in [1.29, 1.82) is 0 Å². The quantitative estimate of drug-likeness (QED) is 0.380. The minimum Gasteiger partial charge on any atom is -0.353 e. The number of carbonyl (C=O) groups is 1. The Balaban J connectivity index is 1.53. The molecule has 0 bridgehead atoms. The maximum absolute atomic E-state index is 13.4. The number of hydrogen-bond donors (Lipinski definition) is 1. The number of benzene rings is 1. The summed E-state index contributed by atoms with van der Waals surface area (Å²) in [6.07, 6.45) is 14.6. The zero-order valence-corrected chi connectivity index (χ0v) is 18.2. The summed E-state index contributed by atoms with van der Waals surface area (Å²) in [5.41, 5.74) is 2.29. The van der Waals surface area contributed by atoms with Gasteiger partial charge in [-0.2, -0.15) is 0 Å². The van der Waals surface area contributed by atoms with Crippen LogP contribution < -0.4 is 5.32 Å². The van der Waals surface area contributed by atoms with E-state index in [-0.39, 0.29) is 22.6 Å². The number of aryl methyl sites for hydroxylation is 1. The van der Waals surface area contributed by atoms with Crippen LogP contribution >= 0.6 is 0 Å². The van der Waals surface area contributed by atoms with E-state index in [2.05, 4.69) is 36.3 Å². The van der Waals surface area contributed by atoms with Crippen molar-refractivity contribution in [1.82, 2.24) is 10.3 Å². The minimum absolute atomic E-state index is 0.0154. The number of nitrogens with one attached hydrogen (secondary N) is 1. The number of unbranched alkanes of at least 4 members (excludes halogenated alkanes) is 1. The summed E-state index contributed by atoms with van der Waals surface area (Å²) in [4.78, 5) is 16.5. The van der Waals surface area contributed by atoms with Gasteiger partial charge in [-0.3, -0.25) is 9.78 Å². The van der Waals surface area contributed by atoms with Gasteiger partial charge in [0.1, 0.15) is 5.82 Å². The third-order valence-electron chi connectivity index (χ3n) is 6.59. The van der Waals surface area contributed by atoms with Gasteiger partial charge < -0.3 is 5.32 Å². The number of pyridine rings is 1. The van der Waals surface area contributed by atoms with Crippen LogP contribution in [0.1, 0.15) is 63.5 Å². The van der Waals surface area contributed by atoms with Gasteiger partial charge in [0.25, 0.3) is 0 Å². The number of hydrogen-bond acceptors (Lipinski definition) is 2. The lowest BCUT2D eigenvalue weighted by Gasteiger charge is -2.37. The molecular formula is C26H33FN2O. The first-order chi connectivity index (χ1) is 14.5. The lowest BCUT2D eigenvalue weighted by atomic mass is 9.66. The second-order valence-electron chi connectivity index (χ2n) is 8.69. The Morgan fingerprint density at radius 2 is 2.00 bits per heavy atom. The van der Waals surface area contributed by atoms with Crippen molar-refractivity contribution in [2.75, 3.05) is 6.54 Å². The van der Waals surface area contributed by atoms with E-state index in [9.17, 15) is 9.18 Å². The van der Waals surface area contributed by atoms with Crippen molar-refractivity contribution in [3.05, 3.63) is 77.9 Å². The summed E-state index contributed by atoms with van der Waals surface area (Å²) in [5, 5.41) is 3.01. The van der Waals surface area contributed by atoms with Crippen LogP contribution in [-0.2, 0) is 16.6 Å². The molecule has 1 aliphatic rings. The largest absolute Gasteiger partial charge is 0.353 e. The molecule has 1 aliphatic carbocycles. The predicted molar refractivity (Wildman–Crippen MR) is 120 cm³/mol. The van der Waals surface area contributed by atoms with Crippen LogP contribution in [0.4, 0.5) is 4.39 Å². The zero-order valence-electron chi connectivity index (χ0n) is 18.2. The fourth-order valence-corrected chi connectivity index (χ4v) is 4.54. The van der Waals surface area contributed by atoms with E-state index in [0.717, 1.165) is 50.5 Å². The molecule has 0 aliphatic heterocycles. The summed E-state index contributed by atoms with van der Waals surface area (Å²) in [5.74, 6) is -0.235. The van der Waals surface area contributed by atoms with E-state index in [4.69, 9.17) is 0 Å². The number of carbonyl (C=O) groups excluding carboxylic acids is 1. The maximum atomic E-state index is 13.4. The highest BCUT2D eigenvalue weighted by molar-refractivity contribution is 5.87. The van der Waals surface area contributed by atoms with Gasteiger partial charge in [-0.15, -0.1) is 0 Å². The summed E-state index contributed by atoms with van der Waals surface area (Å²) >= 11 is 0. The Bertz CT molecular complexity index is 843. The number of amides is 1. The summed E-state index contributed by atoms with van der Waals surface area (Å²) < 4.78 is 13.4. The van der Waals surface area contributed by atoms with E-state index < -0.39 is 0 Å². The van der Waals surface area contributed by atoms with Gasteiger partial charge in [0.2, 0.25) is 5.91 Å². The van der Waals surface area contributed by atoms with Crippen LogP contribution in [-0.4, -0.2) is 17.4 Å². The van der Waals surface area contributed by atoms with Crippen molar-refractivity contribution >= 4 is 5.91 Å². The van der Waals surface area contributed by atoms with Gasteiger partial charge in [0.15, 0.2) is 0 Å². The molecule has 1 heterocycles. The molecule has 0 spiro atoms. The topological polar surface area (TPSA) is 42.0 Å². The van der Waals surface area contributed by atoms with Gasteiger partial charge in [-0.25, -0.2) is 4.39 Å². The van der Waals surface area contributed by atoms with Crippen LogP contribution in [0.2, 0.25) is 0 Å². The van der Waals surface area contributed by atoms with E-state index in [1.165, 1.54) is 5.56 Å². The average Bonchev–Trinajstić information content (AvgIpc) is 3.55. The molecule has 1 saturated carbocycles. The fraction of sp³-hybridized carbons (Fsp3) is 0.462. The van der Waals surface area contributed by atoms with Gasteiger partial charge >= 0.3 is 0 Å². The summed E-state index contributed by atoms with van der Waals surface area (Å²) in [7, 11) is 0. The zero-order chi connectivity index (χ0) is 21.5. The number of rotatable bonds is 11. The van der Waals surface area contributed by atoms with E-state index in [0.29, 0.717) is 6.54 Å². The van der Waals surface area contributed by atoms with Gasteiger partial charge in [0, 0.05) is 24.4 Å². The molecular weight excluding hydrogens is 375 g/mol. The SMILES string of the molecule is CCCC(C)(c1ccc(F)cc1)C1(/C=C/C(=O)NCCCCc2cccnc2)CC1. The molecule has 1 N–H and O–H groups in total. The molecule has 1 fully saturated rings. The molecule has 1 unspecified atom stereocenters. The van der Waals surface area contributed by atoms with E-state index >= 15 is 0 Å². The first-order valence-corrected chi connectivity index (χ1v) is 11.1. The predicted octanol–water partition coefficient (Wildman–Crippen LogP) is 5.75. The Labute approximate surface area is 179 Å². The van der Waals surface area contributed by atoms with Gasteiger partial charge in [-0.05, 0) is 79.3 Å². The molecule has 30 heavy (non-hydrogen) atoms. The third-order valence-corrected chi connectivity index (χ3v) is 6.59. The second kappa shape index (κ2) is 10.0. The second-order valence-corrected chi connectivity index (χ2v) is 8.69. The smallest absolute Gasteiger partial charge is 0.243 e. The minimum atomic E-state index is -0.208. The summed E-state index contributed by atoms with van der Waals surface area (Å²) in [6.45, 7) is 5.12. The Kier molecular flexibility index (Phi) is 7.41. The van der Waals surface area contributed by atoms with Gasteiger partial charge in [0.05, 0.1) is 0 Å². The number of allylic oxidation sites excluding steroid dienone is 1. The average molecular weight is 409 g/mol. The van der Waals surface area contributed by atoms with E-state index in [1.54, 1.807) is 24.4 Å². The highest BCUT2D eigenvalue weighted by Gasteiger charge is 2.54. The molecule has 1 aromatic heterocycles. The molecule has 4 heteroatoms. The summed E-state index contributed by atoms with van der Waals surface area (Å²) in [6, 6.07) is 10.9. The third kappa shape index (κ3) is 5.35.